The number of piperazine rings is 1. The summed E-state index contributed by atoms with van der Waals surface area (Å²) >= 11 is 0. The highest BCUT2D eigenvalue weighted by Gasteiger charge is 2.31. The van der Waals surface area contributed by atoms with E-state index < -0.39 is 23.3 Å². The fourth-order valence-electron chi connectivity index (χ4n) is 4.08. The summed E-state index contributed by atoms with van der Waals surface area (Å²) in [6.45, 7) is 3.36. The van der Waals surface area contributed by atoms with Crippen LogP contribution < -0.4 is 0 Å². The van der Waals surface area contributed by atoms with Gasteiger partial charge in [-0.2, -0.15) is 0 Å². The third-order valence-electron chi connectivity index (χ3n) is 5.68. The zero-order valence-electron chi connectivity index (χ0n) is 17.7. The van der Waals surface area contributed by atoms with Crippen LogP contribution in [0.2, 0.25) is 0 Å². The van der Waals surface area contributed by atoms with E-state index in [1.807, 2.05) is 13.0 Å². The van der Waals surface area contributed by atoms with Gasteiger partial charge in [0, 0.05) is 55.9 Å². The first kappa shape index (κ1) is 21.7. The molecule has 0 spiro atoms. The number of carbonyl (C=O) groups is 3. The predicted octanol–water partition coefficient (Wildman–Crippen LogP) is 3.50. The lowest BCUT2D eigenvalue weighted by molar-refractivity contribution is -0.127. The van der Waals surface area contributed by atoms with E-state index >= 15 is 0 Å². The number of rotatable bonds is 5. The summed E-state index contributed by atoms with van der Waals surface area (Å²) in [6.07, 6.45) is 2.12. The van der Waals surface area contributed by atoms with Crippen molar-refractivity contribution in [2.75, 3.05) is 26.2 Å². The van der Waals surface area contributed by atoms with Gasteiger partial charge in [-0.1, -0.05) is 25.1 Å². The lowest BCUT2D eigenvalue weighted by atomic mass is 10.1. The molecule has 1 aliphatic heterocycles. The summed E-state index contributed by atoms with van der Waals surface area (Å²) in [5.41, 5.74) is 0.743. The highest BCUT2D eigenvalue weighted by molar-refractivity contribution is 6.45. The molecule has 1 fully saturated rings. The Hall–Kier alpha value is -3.55. The van der Waals surface area contributed by atoms with Crippen LogP contribution in [0.3, 0.4) is 0 Å². The van der Waals surface area contributed by atoms with E-state index in [-0.39, 0.29) is 35.5 Å². The summed E-state index contributed by atoms with van der Waals surface area (Å²) in [5.74, 6) is -3.33. The molecule has 1 aliphatic rings. The Kier molecular flexibility index (Phi) is 6.03. The van der Waals surface area contributed by atoms with Gasteiger partial charge < -0.3 is 14.4 Å². The van der Waals surface area contributed by atoms with Crippen molar-refractivity contribution in [3.05, 3.63) is 71.4 Å². The Morgan fingerprint density at radius 3 is 2.25 bits per heavy atom. The predicted molar refractivity (Wildman–Crippen MR) is 115 cm³/mol. The molecular weight excluding hydrogens is 416 g/mol. The smallest absolute Gasteiger partial charge is 0.295 e. The van der Waals surface area contributed by atoms with Crippen LogP contribution in [0.25, 0.3) is 10.9 Å². The average Bonchev–Trinajstić information content (AvgIpc) is 3.17. The second-order valence-corrected chi connectivity index (χ2v) is 7.80. The summed E-state index contributed by atoms with van der Waals surface area (Å²) in [6, 6.07) is 10.7. The number of benzene rings is 2. The molecule has 0 N–H and O–H groups in total. The lowest BCUT2D eigenvalue weighted by Gasteiger charge is -2.34. The van der Waals surface area contributed by atoms with Gasteiger partial charge in [0.1, 0.15) is 11.6 Å². The van der Waals surface area contributed by atoms with Crippen LogP contribution in [-0.4, -0.2) is 58.1 Å². The first-order valence-electron chi connectivity index (χ1n) is 10.6. The fourth-order valence-corrected chi connectivity index (χ4v) is 4.08. The zero-order chi connectivity index (χ0) is 22.8. The summed E-state index contributed by atoms with van der Waals surface area (Å²) < 4.78 is 29.9. The minimum Gasteiger partial charge on any atom is -0.347 e. The minimum absolute atomic E-state index is 0.0453. The van der Waals surface area contributed by atoms with Gasteiger partial charge in [-0.15, -0.1) is 0 Å². The third-order valence-corrected chi connectivity index (χ3v) is 5.68. The standard InChI is InChI=1S/C24H23F2N3O3/c1-2-8-29-15-18(21-19(26)13-17(25)14-20(21)29)22(30)24(32)28-11-9-27(10-12-28)23(31)16-6-4-3-5-7-16/h3-7,13-15H,2,8-12H2,1H3. The average molecular weight is 439 g/mol. The Balaban J connectivity index is 1.52. The van der Waals surface area contributed by atoms with E-state index in [0.717, 1.165) is 0 Å². The number of halogens is 2. The van der Waals surface area contributed by atoms with Crippen molar-refractivity contribution >= 4 is 28.5 Å². The van der Waals surface area contributed by atoms with Crippen molar-refractivity contribution < 1.29 is 23.2 Å². The van der Waals surface area contributed by atoms with E-state index in [4.69, 9.17) is 0 Å². The van der Waals surface area contributed by atoms with Crippen molar-refractivity contribution in [2.45, 2.75) is 19.9 Å². The van der Waals surface area contributed by atoms with E-state index in [1.165, 1.54) is 17.2 Å². The normalized spacial score (nSPS) is 14.1. The quantitative estimate of drug-likeness (QED) is 0.452. The van der Waals surface area contributed by atoms with Crippen molar-refractivity contribution in [1.29, 1.82) is 0 Å². The molecule has 1 aromatic heterocycles. The zero-order valence-corrected chi connectivity index (χ0v) is 17.7. The Labute approximate surface area is 184 Å². The molecule has 0 atom stereocenters. The van der Waals surface area contributed by atoms with Crippen molar-refractivity contribution in [3.8, 4) is 0 Å². The molecule has 0 aliphatic carbocycles. The maximum absolute atomic E-state index is 14.6. The minimum atomic E-state index is -0.871. The van der Waals surface area contributed by atoms with Gasteiger partial charge >= 0.3 is 0 Å². The van der Waals surface area contributed by atoms with E-state index in [0.29, 0.717) is 37.7 Å². The fraction of sp³-hybridized carbons (Fsp3) is 0.292. The molecule has 0 unspecified atom stereocenters. The van der Waals surface area contributed by atoms with Crippen molar-refractivity contribution in [3.63, 3.8) is 0 Å². The molecule has 6 nitrogen and oxygen atoms in total. The molecular formula is C24H23F2N3O3. The molecule has 0 saturated carbocycles. The monoisotopic (exact) mass is 439 g/mol. The maximum Gasteiger partial charge on any atom is 0.295 e. The molecule has 0 radical (unpaired) electrons. The van der Waals surface area contributed by atoms with Gasteiger partial charge in [0.05, 0.1) is 11.1 Å². The molecule has 166 valence electrons. The van der Waals surface area contributed by atoms with Gasteiger partial charge in [0.25, 0.3) is 17.6 Å². The largest absolute Gasteiger partial charge is 0.347 e. The first-order valence-corrected chi connectivity index (χ1v) is 10.6. The SMILES string of the molecule is CCCn1cc(C(=O)C(=O)N2CCN(C(=O)c3ccccc3)CC2)c2c(F)cc(F)cc21. The second kappa shape index (κ2) is 8.90. The number of hydrogen-bond donors (Lipinski definition) is 0. The number of carbonyl (C=O) groups excluding carboxylic acids is 3. The van der Waals surface area contributed by atoms with Gasteiger partial charge in [-0.05, 0) is 24.6 Å². The highest BCUT2D eigenvalue weighted by atomic mass is 19.1. The van der Waals surface area contributed by atoms with E-state index in [2.05, 4.69) is 0 Å². The number of Topliss-reactive ketones (excluding diaryl/α,β-unsaturated/α-hetero) is 1. The summed E-state index contributed by atoms with van der Waals surface area (Å²) in [4.78, 5) is 41.5. The molecule has 2 amide bonds. The summed E-state index contributed by atoms with van der Waals surface area (Å²) in [7, 11) is 0. The number of nitrogens with zero attached hydrogens (tertiary/aromatic N) is 3. The van der Waals surface area contributed by atoms with Gasteiger partial charge in [-0.3, -0.25) is 14.4 Å². The van der Waals surface area contributed by atoms with Gasteiger partial charge in [0.2, 0.25) is 0 Å². The van der Waals surface area contributed by atoms with Crippen molar-refractivity contribution in [2.24, 2.45) is 0 Å². The van der Waals surface area contributed by atoms with Crippen molar-refractivity contribution in [1.82, 2.24) is 14.4 Å². The Bertz CT molecular complexity index is 1180. The number of aryl methyl sites for hydroxylation is 1. The Morgan fingerprint density at radius 2 is 1.59 bits per heavy atom. The second-order valence-electron chi connectivity index (χ2n) is 7.80. The molecule has 32 heavy (non-hydrogen) atoms. The van der Waals surface area contributed by atoms with Gasteiger partial charge in [-0.25, -0.2) is 8.78 Å². The lowest BCUT2D eigenvalue weighted by Crippen LogP contribution is -2.52. The Morgan fingerprint density at radius 1 is 0.938 bits per heavy atom. The third kappa shape index (κ3) is 4.00. The van der Waals surface area contributed by atoms with Gasteiger partial charge in [0.15, 0.2) is 0 Å². The topological polar surface area (TPSA) is 62.6 Å². The van der Waals surface area contributed by atoms with Crippen LogP contribution >= 0.6 is 0 Å². The number of aromatic nitrogens is 1. The number of ketones is 1. The van der Waals surface area contributed by atoms with Crippen LogP contribution in [0.1, 0.15) is 34.1 Å². The molecule has 1 saturated heterocycles. The van der Waals surface area contributed by atoms with E-state index in [1.54, 1.807) is 33.7 Å². The van der Waals surface area contributed by atoms with Crippen LogP contribution in [0.5, 0.6) is 0 Å². The maximum atomic E-state index is 14.6. The van der Waals surface area contributed by atoms with E-state index in [9.17, 15) is 23.2 Å². The first-order chi connectivity index (χ1) is 15.4. The van der Waals surface area contributed by atoms with Crippen LogP contribution in [-0.2, 0) is 11.3 Å². The van der Waals surface area contributed by atoms with Crippen LogP contribution in [0, 0.1) is 11.6 Å². The molecule has 4 rings (SSSR count). The molecule has 3 aromatic rings. The number of fused-ring (bicyclic) bond motifs is 1. The molecule has 2 aromatic carbocycles. The molecule has 0 bridgehead atoms. The molecule has 8 heteroatoms. The summed E-state index contributed by atoms with van der Waals surface area (Å²) in [5, 5.41) is -0.0453. The molecule has 2 heterocycles. The number of amides is 2. The van der Waals surface area contributed by atoms with Crippen LogP contribution in [0.15, 0.2) is 48.7 Å². The van der Waals surface area contributed by atoms with Crippen LogP contribution in [0.4, 0.5) is 8.78 Å². The highest BCUT2D eigenvalue weighted by Crippen LogP contribution is 2.27. The number of hydrogen-bond acceptors (Lipinski definition) is 3.